The predicted molar refractivity (Wildman–Crippen MR) is 100 cm³/mol. The molecule has 0 aromatic heterocycles. The quantitative estimate of drug-likeness (QED) is 0.756. The maximum Gasteiger partial charge on any atom is 0.119 e. The fourth-order valence-electron chi connectivity index (χ4n) is 3.85. The van der Waals surface area contributed by atoms with Gasteiger partial charge in [-0.05, 0) is 54.7 Å². The molecule has 3 rings (SSSR count). The van der Waals surface area contributed by atoms with Gasteiger partial charge >= 0.3 is 0 Å². The SMILES string of the molecule is CCCOc1ccc(C2(c3ccc(OCCO)cc3)CCCC2)cc1. The van der Waals surface area contributed by atoms with E-state index < -0.39 is 0 Å². The number of aliphatic hydroxyl groups is 1. The van der Waals surface area contributed by atoms with Crippen LogP contribution in [0, 0.1) is 0 Å². The number of aliphatic hydroxyl groups excluding tert-OH is 1. The molecular formula is C22H28O3. The van der Waals surface area contributed by atoms with Gasteiger partial charge in [-0.3, -0.25) is 0 Å². The van der Waals surface area contributed by atoms with Crippen LogP contribution >= 0.6 is 0 Å². The Kier molecular flexibility index (Phi) is 5.98. The molecule has 1 saturated carbocycles. The molecule has 0 aliphatic heterocycles. The topological polar surface area (TPSA) is 38.7 Å². The van der Waals surface area contributed by atoms with E-state index in [9.17, 15) is 0 Å². The molecule has 1 fully saturated rings. The average Bonchev–Trinajstić information content (AvgIpc) is 3.16. The summed E-state index contributed by atoms with van der Waals surface area (Å²) in [7, 11) is 0. The standard InChI is InChI=1S/C22H28O3/c1-2-16-24-20-9-5-18(6-10-20)22(13-3-4-14-22)19-7-11-21(12-8-19)25-17-15-23/h5-12,23H,2-4,13-17H2,1H3. The lowest BCUT2D eigenvalue weighted by Gasteiger charge is -2.31. The first-order valence-electron chi connectivity index (χ1n) is 9.36. The van der Waals surface area contributed by atoms with Crippen LogP contribution in [0.1, 0.15) is 50.2 Å². The van der Waals surface area contributed by atoms with E-state index >= 15 is 0 Å². The van der Waals surface area contributed by atoms with Crippen LogP contribution in [-0.4, -0.2) is 24.9 Å². The normalized spacial score (nSPS) is 15.9. The van der Waals surface area contributed by atoms with Crippen molar-refractivity contribution in [2.75, 3.05) is 19.8 Å². The molecule has 2 aromatic rings. The maximum absolute atomic E-state index is 8.89. The van der Waals surface area contributed by atoms with Gasteiger partial charge in [0.2, 0.25) is 0 Å². The van der Waals surface area contributed by atoms with Gasteiger partial charge in [0, 0.05) is 5.41 Å². The number of hydrogen-bond acceptors (Lipinski definition) is 3. The van der Waals surface area contributed by atoms with Crippen LogP contribution in [0.2, 0.25) is 0 Å². The summed E-state index contributed by atoms with van der Waals surface area (Å²) in [5.41, 5.74) is 2.82. The molecule has 0 saturated heterocycles. The Balaban J connectivity index is 1.83. The maximum atomic E-state index is 8.89. The highest BCUT2D eigenvalue weighted by atomic mass is 16.5. The van der Waals surface area contributed by atoms with Crippen LogP contribution in [0.4, 0.5) is 0 Å². The molecule has 25 heavy (non-hydrogen) atoms. The number of benzene rings is 2. The Bertz CT molecular complexity index is 586. The molecule has 0 unspecified atom stereocenters. The predicted octanol–water partition coefficient (Wildman–Crippen LogP) is 4.71. The third-order valence-corrected chi connectivity index (χ3v) is 5.10. The largest absolute Gasteiger partial charge is 0.494 e. The lowest BCUT2D eigenvalue weighted by atomic mass is 9.73. The van der Waals surface area contributed by atoms with Gasteiger partial charge in [0.25, 0.3) is 0 Å². The Morgan fingerprint density at radius 1 is 0.800 bits per heavy atom. The van der Waals surface area contributed by atoms with Crippen LogP contribution in [0.15, 0.2) is 48.5 Å². The minimum Gasteiger partial charge on any atom is -0.494 e. The van der Waals surface area contributed by atoms with E-state index in [-0.39, 0.29) is 12.0 Å². The molecule has 2 aromatic carbocycles. The highest BCUT2D eigenvalue weighted by Gasteiger charge is 2.37. The number of hydrogen-bond donors (Lipinski definition) is 1. The zero-order valence-electron chi connectivity index (χ0n) is 15.0. The van der Waals surface area contributed by atoms with E-state index in [1.54, 1.807) is 0 Å². The van der Waals surface area contributed by atoms with Gasteiger partial charge in [0.1, 0.15) is 18.1 Å². The Morgan fingerprint density at radius 2 is 1.28 bits per heavy atom. The molecule has 0 heterocycles. The summed E-state index contributed by atoms with van der Waals surface area (Å²) in [5, 5.41) is 8.89. The highest BCUT2D eigenvalue weighted by molar-refractivity contribution is 5.44. The van der Waals surface area contributed by atoms with Crippen LogP contribution in [0.5, 0.6) is 11.5 Å². The van der Waals surface area contributed by atoms with Crippen molar-refractivity contribution in [3.8, 4) is 11.5 Å². The fraction of sp³-hybridized carbons (Fsp3) is 0.455. The lowest BCUT2D eigenvalue weighted by Crippen LogP contribution is -2.23. The monoisotopic (exact) mass is 340 g/mol. The van der Waals surface area contributed by atoms with Gasteiger partial charge in [-0.2, -0.15) is 0 Å². The Morgan fingerprint density at radius 3 is 1.72 bits per heavy atom. The number of rotatable bonds is 8. The Labute approximate surface area is 150 Å². The Hall–Kier alpha value is -2.00. The highest BCUT2D eigenvalue weighted by Crippen LogP contribution is 2.47. The summed E-state index contributed by atoms with van der Waals surface area (Å²) in [5.74, 6) is 1.76. The van der Waals surface area contributed by atoms with Crippen molar-refractivity contribution in [1.29, 1.82) is 0 Å². The molecule has 0 spiro atoms. The molecule has 134 valence electrons. The van der Waals surface area contributed by atoms with Gasteiger partial charge < -0.3 is 14.6 Å². The third kappa shape index (κ3) is 3.98. The van der Waals surface area contributed by atoms with Crippen molar-refractivity contribution in [3.63, 3.8) is 0 Å². The van der Waals surface area contributed by atoms with Crippen LogP contribution in [-0.2, 0) is 5.41 Å². The van der Waals surface area contributed by atoms with Crippen molar-refractivity contribution in [1.82, 2.24) is 0 Å². The van der Waals surface area contributed by atoms with Crippen LogP contribution in [0.25, 0.3) is 0 Å². The molecule has 0 amide bonds. The molecule has 0 bridgehead atoms. The second kappa shape index (κ2) is 8.39. The molecule has 0 atom stereocenters. The molecule has 1 N–H and O–H groups in total. The van der Waals surface area contributed by atoms with E-state index in [0.717, 1.165) is 24.5 Å². The third-order valence-electron chi connectivity index (χ3n) is 5.10. The molecular weight excluding hydrogens is 312 g/mol. The summed E-state index contributed by atoms with van der Waals surface area (Å²) < 4.78 is 11.2. The lowest BCUT2D eigenvalue weighted by molar-refractivity contribution is 0.201. The van der Waals surface area contributed by atoms with E-state index in [2.05, 4.69) is 43.3 Å². The first-order chi connectivity index (χ1) is 12.3. The van der Waals surface area contributed by atoms with Crippen molar-refractivity contribution in [2.45, 2.75) is 44.4 Å². The fourth-order valence-corrected chi connectivity index (χ4v) is 3.85. The summed E-state index contributed by atoms with van der Waals surface area (Å²) in [6.45, 7) is 3.26. The average molecular weight is 340 g/mol. The second-order valence-corrected chi connectivity index (χ2v) is 6.76. The van der Waals surface area contributed by atoms with Crippen molar-refractivity contribution in [3.05, 3.63) is 59.7 Å². The minimum atomic E-state index is 0.0398. The van der Waals surface area contributed by atoms with Crippen molar-refractivity contribution >= 4 is 0 Å². The van der Waals surface area contributed by atoms with Gasteiger partial charge in [-0.1, -0.05) is 44.0 Å². The van der Waals surface area contributed by atoms with Gasteiger partial charge in [0.05, 0.1) is 13.2 Å². The first-order valence-corrected chi connectivity index (χ1v) is 9.36. The molecule has 1 aliphatic rings. The summed E-state index contributed by atoms with van der Waals surface area (Å²) in [6.07, 6.45) is 5.90. The zero-order chi connectivity index (χ0) is 17.5. The zero-order valence-corrected chi connectivity index (χ0v) is 15.0. The van der Waals surface area contributed by atoms with Gasteiger partial charge in [-0.15, -0.1) is 0 Å². The summed E-state index contributed by atoms with van der Waals surface area (Å²) in [6, 6.07) is 17.1. The molecule has 1 aliphatic carbocycles. The second-order valence-electron chi connectivity index (χ2n) is 6.76. The smallest absolute Gasteiger partial charge is 0.119 e. The molecule has 0 radical (unpaired) electrons. The van der Waals surface area contributed by atoms with Gasteiger partial charge in [-0.25, -0.2) is 0 Å². The number of ether oxygens (including phenoxy) is 2. The van der Waals surface area contributed by atoms with Crippen LogP contribution < -0.4 is 9.47 Å². The van der Waals surface area contributed by atoms with Crippen LogP contribution in [0.3, 0.4) is 0 Å². The van der Waals surface area contributed by atoms with E-state index in [0.29, 0.717) is 6.61 Å². The first kappa shape index (κ1) is 17.8. The van der Waals surface area contributed by atoms with Crippen molar-refractivity contribution < 1.29 is 14.6 Å². The van der Waals surface area contributed by atoms with Crippen molar-refractivity contribution in [2.24, 2.45) is 0 Å². The van der Waals surface area contributed by atoms with Gasteiger partial charge in [0.15, 0.2) is 0 Å². The van der Waals surface area contributed by atoms with E-state index in [4.69, 9.17) is 14.6 Å². The van der Waals surface area contributed by atoms with E-state index in [1.165, 1.54) is 36.8 Å². The molecule has 3 heteroatoms. The summed E-state index contributed by atoms with van der Waals surface area (Å²) in [4.78, 5) is 0. The minimum absolute atomic E-state index is 0.0398. The molecule has 3 nitrogen and oxygen atoms in total. The summed E-state index contributed by atoms with van der Waals surface area (Å²) >= 11 is 0. The van der Waals surface area contributed by atoms with E-state index in [1.807, 2.05) is 12.1 Å².